The van der Waals surface area contributed by atoms with Gasteiger partial charge in [-0.1, -0.05) is 35.4 Å². The number of anilines is 1. The van der Waals surface area contributed by atoms with Gasteiger partial charge in [-0.05, 0) is 66.0 Å². The van der Waals surface area contributed by atoms with E-state index in [1.54, 1.807) is 6.07 Å². The first kappa shape index (κ1) is 15.9. The first-order valence-electron chi connectivity index (χ1n) is 6.58. The van der Waals surface area contributed by atoms with E-state index in [1.165, 1.54) is 0 Å². The summed E-state index contributed by atoms with van der Waals surface area (Å²) in [6.45, 7) is 5.93. The molecule has 0 heterocycles. The van der Waals surface area contributed by atoms with E-state index in [0.717, 1.165) is 26.9 Å². The third kappa shape index (κ3) is 3.40. The van der Waals surface area contributed by atoms with E-state index in [0.29, 0.717) is 5.02 Å². The molecule has 1 atom stereocenters. The van der Waals surface area contributed by atoms with Crippen LogP contribution in [0.5, 0.6) is 0 Å². The fourth-order valence-corrected chi connectivity index (χ4v) is 2.79. The van der Waals surface area contributed by atoms with Crippen LogP contribution in [0.15, 0.2) is 40.9 Å². The van der Waals surface area contributed by atoms with Crippen LogP contribution >= 0.6 is 27.5 Å². The second kappa shape index (κ2) is 6.09. The van der Waals surface area contributed by atoms with Crippen LogP contribution in [0.2, 0.25) is 5.02 Å². The molecule has 0 amide bonds. The van der Waals surface area contributed by atoms with Gasteiger partial charge in [-0.25, -0.2) is 0 Å². The summed E-state index contributed by atoms with van der Waals surface area (Å²) >= 11 is 9.41. The zero-order chi connectivity index (χ0) is 15.6. The van der Waals surface area contributed by atoms with Gasteiger partial charge in [-0.15, -0.1) is 0 Å². The molecule has 2 nitrogen and oxygen atoms in total. The van der Waals surface area contributed by atoms with Gasteiger partial charge in [0, 0.05) is 10.2 Å². The Labute approximate surface area is 138 Å². The molecule has 1 N–H and O–H groups in total. The minimum Gasteiger partial charge on any atom is -0.364 e. The molecule has 108 valence electrons. The molecule has 0 aliphatic heterocycles. The molecule has 0 bridgehead atoms. The number of nitriles is 1. The average molecular weight is 364 g/mol. The minimum atomic E-state index is -0.802. The number of halogens is 2. The predicted octanol–water partition coefficient (Wildman–Crippen LogP) is 5.57. The van der Waals surface area contributed by atoms with Gasteiger partial charge in [0.15, 0.2) is 0 Å². The Morgan fingerprint density at radius 1 is 1.19 bits per heavy atom. The molecule has 0 fully saturated rings. The van der Waals surface area contributed by atoms with Gasteiger partial charge in [0.1, 0.15) is 5.54 Å². The number of benzene rings is 2. The Morgan fingerprint density at radius 2 is 1.90 bits per heavy atom. The summed E-state index contributed by atoms with van der Waals surface area (Å²) in [6.07, 6.45) is 0. The normalized spacial score (nSPS) is 13.3. The molecule has 0 aliphatic rings. The number of hydrogen-bond donors (Lipinski definition) is 1. The van der Waals surface area contributed by atoms with Crippen molar-refractivity contribution in [1.82, 2.24) is 0 Å². The summed E-state index contributed by atoms with van der Waals surface area (Å²) in [5, 5.41) is 13.6. The number of nitrogens with one attached hydrogen (secondary N) is 1. The molecule has 2 aromatic carbocycles. The summed E-state index contributed by atoms with van der Waals surface area (Å²) in [6, 6.07) is 14.1. The maximum Gasteiger partial charge on any atom is 0.148 e. The highest BCUT2D eigenvalue weighted by Gasteiger charge is 2.28. The Kier molecular flexibility index (Phi) is 4.61. The largest absolute Gasteiger partial charge is 0.364 e. The number of rotatable bonds is 3. The summed E-state index contributed by atoms with van der Waals surface area (Å²) < 4.78 is 0.801. The van der Waals surface area contributed by atoms with Crippen molar-refractivity contribution in [2.24, 2.45) is 0 Å². The minimum absolute atomic E-state index is 0.644. The van der Waals surface area contributed by atoms with Gasteiger partial charge in [0.2, 0.25) is 0 Å². The second-order valence-electron chi connectivity index (χ2n) is 5.31. The molecule has 21 heavy (non-hydrogen) atoms. The summed E-state index contributed by atoms with van der Waals surface area (Å²) in [5.74, 6) is 0. The molecular weight excluding hydrogens is 348 g/mol. The van der Waals surface area contributed by atoms with Crippen LogP contribution in [0.4, 0.5) is 5.69 Å². The van der Waals surface area contributed by atoms with E-state index >= 15 is 0 Å². The van der Waals surface area contributed by atoms with Crippen LogP contribution in [0.1, 0.15) is 23.6 Å². The highest BCUT2D eigenvalue weighted by atomic mass is 79.9. The first-order valence-corrected chi connectivity index (χ1v) is 7.75. The molecule has 0 saturated carbocycles. The van der Waals surface area contributed by atoms with Crippen LogP contribution in [-0.2, 0) is 5.54 Å². The molecule has 0 aliphatic carbocycles. The van der Waals surface area contributed by atoms with Crippen molar-refractivity contribution in [2.75, 3.05) is 5.32 Å². The molecule has 2 aromatic rings. The molecule has 0 aromatic heterocycles. The van der Waals surface area contributed by atoms with Gasteiger partial charge < -0.3 is 5.32 Å². The molecule has 4 heteroatoms. The third-order valence-electron chi connectivity index (χ3n) is 3.47. The molecule has 0 radical (unpaired) electrons. The molecule has 0 spiro atoms. The maximum absolute atomic E-state index is 9.69. The highest BCUT2D eigenvalue weighted by Crippen LogP contribution is 2.32. The summed E-state index contributed by atoms with van der Waals surface area (Å²) in [7, 11) is 0. The Morgan fingerprint density at radius 3 is 2.52 bits per heavy atom. The topological polar surface area (TPSA) is 35.8 Å². The molecular formula is C17H16BrClN2. The van der Waals surface area contributed by atoms with Crippen molar-refractivity contribution < 1.29 is 0 Å². The molecule has 1 unspecified atom stereocenters. The Bertz CT molecular complexity index is 721. The van der Waals surface area contributed by atoms with Crippen molar-refractivity contribution in [1.29, 1.82) is 5.26 Å². The lowest BCUT2D eigenvalue weighted by molar-refractivity contribution is 0.699. The van der Waals surface area contributed by atoms with Crippen molar-refractivity contribution >= 4 is 33.2 Å². The molecule has 2 rings (SSSR count). The highest BCUT2D eigenvalue weighted by molar-refractivity contribution is 9.10. The third-order valence-corrected chi connectivity index (χ3v) is 4.68. The monoisotopic (exact) mass is 362 g/mol. The van der Waals surface area contributed by atoms with Gasteiger partial charge in [-0.2, -0.15) is 5.26 Å². The first-order chi connectivity index (χ1) is 9.85. The van der Waals surface area contributed by atoms with E-state index in [1.807, 2.05) is 39.0 Å². The zero-order valence-electron chi connectivity index (χ0n) is 12.2. The molecule has 0 saturated heterocycles. The van der Waals surface area contributed by atoms with Gasteiger partial charge in [0.25, 0.3) is 0 Å². The lowest BCUT2D eigenvalue weighted by Crippen LogP contribution is -2.31. The Balaban J connectivity index is 2.44. The standard InChI is InChI=1S/C17H16BrClN2/c1-11-4-5-12(2)14(8-11)17(3,10-20)21-13-6-7-16(19)15(18)9-13/h4-9,21H,1-3H3. The van der Waals surface area contributed by atoms with Crippen LogP contribution in [0.3, 0.4) is 0 Å². The van der Waals surface area contributed by atoms with Gasteiger partial charge in [-0.3, -0.25) is 0 Å². The van der Waals surface area contributed by atoms with Crippen LogP contribution in [0, 0.1) is 25.2 Å². The maximum atomic E-state index is 9.69. The lowest BCUT2D eigenvalue weighted by atomic mass is 9.88. The summed E-state index contributed by atoms with van der Waals surface area (Å²) in [5.41, 5.74) is 3.25. The van der Waals surface area contributed by atoms with Crippen LogP contribution in [0.25, 0.3) is 0 Å². The van der Waals surface area contributed by atoms with E-state index in [-0.39, 0.29) is 0 Å². The van der Waals surface area contributed by atoms with Crippen molar-refractivity contribution in [3.63, 3.8) is 0 Å². The van der Waals surface area contributed by atoms with Crippen LogP contribution in [-0.4, -0.2) is 0 Å². The fraction of sp³-hybridized carbons (Fsp3) is 0.235. The van der Waals surface area contributed by atoms with Gasteiger partial charge >= 0.3 is 0 Å². The number of hydrogen-bond acceptors (Lipinski definition) is 2. The Hall–Kier alpha value is -1.50. The van der Waals surface area contributed by atoms with E-state index in [4.69, 9.17) is 11.6 Å². The predicted molar refractivity (Wildman–Crippen MR) is 91.7 cm³/mol. The van der Waals surface area contributed by atoms with Crippen molar-refractivity contribution in [2.45, 2.75) is 26.3 Å². The van der Waals surface area contributed by atoms with E-state index in [9.17, 15) is 5.26 Å². The summed E-state index contributed by atoms with van der Waals surface area (Å²) in [4.78, 5) is 0. The second-order valence-corrected chi connectivity index (χ2v) is 6.57. The van der Waals surface area contributed by atoms with E-state index < -0.39 is 5.54 Å². The van der Waals surface area contributed by atoms with Crippen LogP contribution < -0.4 is 5.32 Å². The number of nitrogens with zero attached hydrogens (tertiary/aromatic N) is 1. The SMILES string of the molecule is Cc1ccc(C)c(C(C)(C#N)Nc2ccc(Cl)c(Br)c2)c1. The smallest absolute Gasteiger partial charge is 0.148 e. The van der Waals surface area contributed by atoms with Crippen molar-refractivity contribution in [3.05, 3.63) is 62.6 Å². The van der Waals surface area contributed by atoms with E-state index in [2.05, 4.69) is 39.4 Å². The lowest BCUT2D eigenvalue weighted by Gasteiger charge is -2.27. The zero-order valence-corrected chi connectivity index (χ0v) is 14.5. The average Bonchev–Trinajstić information content (AvgIpc) is 2.45. The fourth-order valence-electron chi connectivity index (χ4n) is 2.29. The van der Waals surface area contributed by atoms with Crippen molar-refractivity contribution in [3.8, 4) is 6.07 Å². The number of aryl methyl sites for hydroxylation is 2. The quantitative estimate of drug-likeness (QED) is 0.773. The van der Waals surface area contributed by atoms with Gasteiger partial charge in [0.05, 0.1) is 11.1 Å².